The minimum Gasteiger partial charge on any atom is -0.467 e. The Balaban J connectivity index is 2.08. The van der Waals surface area contributed by atoms with E-state index >= 15 is 0 Å². The molecule has 0 bridgehead atoms. The molecule has 2 heterocycles. The van der Waals surface area contributed by atoms with Gasteiger partial charge in [0.05, 0.1) is 13.7 Å². The molecule has 9 nitrogen and oxygen atoms in total. The third-order valence-corrected chi connectivity index (χ3v) is 1.99. The van der Waals surface area contributed by atoms with Crippen LogP contribution in [0.3, 0.4) is 0 Å². The molecule has 0 fully saturated rings. The first-order chi connectivity index (χ1) is 8.71. The first-order valence-electron chi connectivity index (χ1n) is 5.22. The average Bonchev–Trinajstić information content (AvgIpc) is 2.81. The van der Waals surface area contributed by atoms with E-state index in [2.05, 4.69) is 35.7 Å². The Labute approximate surface area is 103 Å². The normalized spacial score (nSPS) is 10.2. The van der Waals surface area contributed by atoms with Crippen LogP contribution in [0.15, 0.2) is 4.52 Å². The molecule has 9 heteroatoms. The van der Waals surface area contributed by atoms with E-state index in [9.17, 15) is 0 Å². The van der Waals surface area contributed by atoms with Crippen molar-refractivity contribution in [3.8, 4) is 6.01 Å². The molecular formula is C9H13N7O2. The molecule has 0 aliphatic heterocycles. The number of ether oxygens (including phenoxy) is 1. The molecule has 0 aromatic carbocycles. The minimum absolute atomic E-state index is 0.221. The van der Waals surface area contributed by atoms with E-state index in [4.69, 9.17) is 9.26 Å². The van der Waals surface area contributed by atoms with Gasteiger partial charge >= 0.3 is 6.01 Å². The Hall–Kier alpha value is -2.45. The molecule has 0 atom stereocenters. The van der Waals surface area contributed by atoms with Gasteiger partial charge in [0.2, 0.25) is 17.8 Å². The molecular weight excluding hydrogens is 238 g/mol. The zero-order valence-corrected chi connectivity index (χ0v) is 10.3. The maximum Gasteiger partial charge on any atom is 0.322 e. The lowest BCUT2D eigenvalue weighted by atomic mass is 10.6. The number of aromatic nitrogens is 5. The number of aryl methyl sites for hydroxylation is 1. The molecule has 96 valence electrons. The molecule has 2 rings (SSSR count). The van der Waals surface area contributed by atoms with Crippen molar-refractivity contribution < 1.29 is 9.26 Å². The van der Waals surface area contributed by atoms with Crippen LogP contribution in [-0.2, 0) is 6.54 Å². The lowest BCUT2D eigenvalue weighted by Gasteiger charge is -2.05. The van der Waals surface area contributed by atoms with Crippen LogP contribution in [0.2, 0.25) is 0 Å². The van der Waals surface area contributed by atoms with E-state index in [1.54, 1.807) is 14.0 Å². The number of anilines is 2. The first kappa shape index (κ1) is 12.0. The Morgan fingerprint density at radius 3 is 2.56 bits per heavy atom. The Morgan fingerprint density at radius 1 is 1.17 bits per heavy atom. The van der Waals surface area contributed by atoms with Gasteiger partial charge in [-0.2, -0.15) is 19.9 Å². The molecule has 0 aliphatic rings. The highest BCUT2D eigenvalue weighted by Gasteiger charge is 2.07. The molecule has 0 spiro atoms. The van der Waals surface area contributed by atoms with Crippen molar-refractivity contribution in [2.45, 2.75) is 13.5 Å². The van der Waals surface area contributed by atoms with Crippen LogP contribution >= 0.6 is 0 Å². The van der Waals surface area contributed by atoms with Crippen LogP contribution in [0.25, 0.3) is 0 Å². The summed E-state index contributed by atoms with van der Waals surface area (Å²) < 4.78 is 9.92. The van der Waals surface area contributed by atoms with Gasteiger partial charge in [0.25, 0.3) is 0 Å². The molecule has 2 aromatic heterocycles. The maximum atomic E-state index is 4.96. The molecule has 18 heavy (non-hydrogen) atoms. The zero-order valence-electron chi connectivity index (χ0n) is 10.3. The first-order valence-corrected chi connectivity index (χ1v) is 5.22. The van der Waals surface area contributed by atoms with Gasteiger partial charge in [-0.1, -0.05) is 5.16 Å². The van der Waals surface area contributed by atoms with Crippen molar-refractivity contribution in [3.63, 3.8) is 0 Å². The van der Waals surface area contributed by atoms with Crippen molar-refractivity contribution >= 4 is 11.9 Å². The van der Waals surface area contributed by atoms with Crippen LogP contribution in [0.1, 0.15) is 11.7 Å². The van der Waals surface area contributed by atoms with Gasteiger partial charge in [0.1, 0.15) is 0 Å². The Bertz CT molecular complexity index is 505. The summed E-state index contributed by atoms with van der Waals surface area (Å²) in [6.07, 6.45) is 0. The second-order valence-corrected chi connectivity index (χ2v) is 3.31. The van der Waals surface area contributed by atoms with Crippen LogP contribution in [0.5, 0.6) is 6.01 Å². The summed E-state index contributed by atoms with van der Waals surface area (Å²) in [7, 11) is 3.19. The van der Waals surface area contributed by atoms with Gasteiger partial charge in [0, 0.05) is 7.05 Å². The summed E-state index contributed by atoms with van der Waals surface area (Å²) in [6, 6.07) is 0.221. The summed E-state index contributed by atoms with van der Waals surface area (Å²) >= 11 is 0. The fourth-order valence-electron chi connectivity index (χ4n) is 1.21. The van der Waals surface area contributed by atoms with E-state index in [1.807, 2.05) is 0 Å². The second kappa shape index (κ2) is 5.25. The summed E-state index contributed by atoms with van der Waals surface area (Å²) in [5.74, 6) is 1.81. The second-order valence-electron chi connectivity index (χ2n) is 3.31. The van der Waals surface area contributed by atoms with Crippen molar-refractivity contribution in [2.75, 3.05) is 24.8 Å². The van der Waals surface area contributed by atoms with Gasteiger partial charge in [-0.15, -0.1) is 0 Å². The number of hydrogen-bond acceptors (Lipinski definition) is 9. The van der Waals surface area contributed by atoms with E-state index in [-0.39, 0.29) is 6.01 Å². The molecule has 0 radical (unpaired) electrons. The molecule has 0 saturated heterocycles. The molecule has 0 saturated carbocycles. The summed E-state index contributed by atoms with van der Waals surface area (Å²) in [5.41, 5.74) is 0. The van der Waals surface area contributed by atoms with Gasteiger partial charge in [-0.25, -0.2) is 0 Å². The number of nitrogens with one attached hydrogen (secondary N) is 2. The van der Waals surface area contributed by atoms with Gasteiger partial charge in [-0.05, 0) is 6.92 Å². The largest absolute Gasteiger partial charge is 0.467 e. The fraction of sp³-hybridized carbons (Fsp3) is 0.444. The fourth-order valence-corrected chi connectivity index (χ4v) is 1.21. The lowest BCUT2D eigenvalue weighted by molar-refractivity contribution is 0.376. The third-order valence-electron chi connectivity index (χ3n) is 1.99. The predicted molar refractivity (Wildman–Crippen MR) is 62.3 cm³/mol. The van der Waals surface area contributed by atoms with Crippen LogP contribution in [0.4, 0.5) is 11.9 Å². The number of hydrogen-bond donors (Lipinski definition) is 2. The monoisotopic (exact) mass is 251 g/mol. The quantitative estimate of drug-likeness (QED) is 0.770. The summed E-state index contributed by atoms with van der Waals surface area (Å²) in [6.45, 7) is 2.08. The standard InChI is InChI=1S/C9H13N7O2/c1-5-12-6(18-16-5)4-11-8-13-7(10-2)14-9(15-8)17-3/h4H2,1-3H3,(H2,10,11,13,14,15). The van der Waals surface area contributed by atoms with Crippen LogP contribution in [-0.4, -0.2) is 39.3 Å². The highest BCUT2D eigenvalue weighted by Crippen LogP contribution is 2.10. The Morgan fingerprint density at radius 2 is 1.94 bits per heavy atom. The van der Waals surface area contributed by atoms with E-state index in [1.165, 1.54) is 7.11 Å². The predicted octanol–water partition coefficient (Wildman–Crippen LogP) is 0.225. The van der Waals surface area contributed by atoms with Gasteiger partial charge in [-0.3, -0.25) is 0 Å². The topological polar surface area (TPSA) is 111 Å². The molecule has 0 amide bonds. The molecule has 0 unspecified atom stereocenters. The lowest BCUT2D eigenvalue weighted by Crippen LogP contribution is -2.08. The third kappa shape index (κ3) is 2.81. The van der Waals surface area contributed by atoms with Crippen molar-refractivity contribution in [1.82, 2.24) is 25.1 Å². The summed E-state index contributed by atoms with van der Waals surface area (Å²) in [4.78, 5) is 16.2. The van der Waals surface area contributed by atoms with Gasteiger partial charge in [0.15, 0.2) is 5.82 Å². The van der Waals surface area contributed by atoms with Crippen molar-refractivity contribution in [2.24, 2.45) is 0 Å². The smallest absolute Gasteiger partial charge is 0.322 e. The number of rotatable bonds is 5. The number of nitrogens with zero attached hydrogens (tertiary/aromatic N) is 5. The highest BCUT2D eigenvalue weighted by atomic mass is 16.5. The zero-order chi connectivity index (χ0) is 13.0. The SMILES string of the molecule is CNc1nc(NCc2nc(C)no2)nc(OC)n1. The molecule has 2 aromatic rings. The molecule has 2 N–H and O–H groups in total. The average molecular weight is 251 g/mol. The van der Waals surface area contributed by atoms with E-state index < -0.39 is 0 Å². The highest BCUT2D eigenvalue weighted by molar-refractivity contribution is 5.35. The van der Waals surface area contributed by atoms with E-state index in [0.29, 0.717) is 30.2 Å². The molecule has 0 aliphatic carbocycles. The van der Waals surface area contributed by atoms with Crippen LogP contribution < -0.4 is 15.4 Å². The van der Waals surface area contributed by atoms with Crippen LogP contribution in [0, 0.1) is 6.92 Å². The van der Waals surface area contributed by atoms with E-state index in [0.717, 1.165) is 0 Å². The van der Waals surface area contributed by atoms with Crippen molar-refractivity contribution in [3.05, 3.63) is 11.7 Å². The minimum atomic E-state index is 0.221. The van der Waals surface area contributed by atoms with Gasteiger partial charge < -0.3 is 19.9 Å². The number of methoxy groups -OCH3 is 1. The maximum absolute atomic E-state index is 4.96. The summed E-state index contributed by atoms with van der Waals surface area (Å²) in [5, 5.41) is 9.44. The Kier molecular flexibility index (Phi) is 3.51. The van der Waals surface area contributed by atoms with Crippen molar-refractivity contribution in [1.29, 1.82) is 0 Å².